The fourth-order valence-corrected chi connectivity index (χ4v) is 11.3. The van der Waals surface area contributed by atoms with Crippen molar-refractivity contribution >= 4 is 44.7 Å². The molecule has 0 unspecified atom stereocenters. The molecule has 1 aromatic carbocycles. The molecule has 21 heteroatoms. The van der Waals surface area contributed by atoms with Gasteiger partial charge in [-0.1, -0.05) is 85.7 Å². The molecular weight excluding hydrogens is 905 g/mol. The summed E-state index contributed by atoms with van der Waals surface area (Å²) in [5.74, 6) is -1.10. The molecule has 0 saturated carbocycles. The van der Waals surface area contributed by atoms with E-state index in [9.17, 15) is 32.4 Å². The molecule has 2 saturated heterocycles. The molecule has 2 aromatic rings. The molecular formula is C45H72N6O12SSi2. The van der Waals surface area contributed by atoms with E-state index >= 15 is 0 Å². The van der Waals surface area contributed by atoms with Crippen LogP contribution in [0.2, 0.25) is 36.3 Å². The van der Waals surface area contributed by atoms with Gasteiger partial charge in [-0.2, -0.15) is 8.42 Å². The molecule has 1 aromatic heterocycles. The van der Waals surface area contributed by atoms with E-state index in [0.717, 1.165) is 15.5 Å². The summed E-state index contributed by atoms with van der Waals surface area (Å²) in [4.78, 5) is 69.9. The van der Waals surface area contributed by atoms with Gasteiger partial charge >= 0.3 is 11.8 Å². The Morgan fingerprint density at radius 1 is 1.00 bits per heavy atom. The highest BCUT2D eigenvalue weighted by Crippen LogP contribution is 2.52. The SMILES string of the molecule is Cc1cn([C@@H]2O[C@H](CO[Si](C)(C)C(C)(C)C)[C@@]3(OS(=O)(=O)C=C3N)[C@H]2O[Si](C)(C)C(C)(C)C)c(=O)n(CCCNC(=O)[C@@H]2CCCN2C(=O)[C@@H](NC(=O)OCc2ccccc2)C(C)C)c1=O. The summed E-state index contributed by atoms with van der Waals surface area (Å²) in [6.07, 6.45) is -1.95. The summed E-state index contributed by atoms with van der Waals surface area (Å²) in [7, 11) is -9.62. The van der Waals surface area contributed by atoms with Gasteiger partial charge in [-0.05, 0) is 73.9 Å². The summed E-state index contributed by atoms with van der Waals surface area (Å²) in [5.41, 5.74) is 4.27. The molecule has 66 heavy (non-hydrogen) atoms. The van der Waals surface area contributed by atoms with Crippen LogP contribution in [0, 0.1) is 12.8 Å². The molecule has 3 aliphatic rings. The zero-order chi connectivity index (χ0) is 49.4. The highest BCUT2D eigenvalue weighted by molar-refractivity contribution is 7.90. The third-order valence-corrected chi connectivity index (χ3v) is 23.8. The minimum atomic E-state index is -4.32. The monoisotopic (exact) mass is 976 g/mol. The molecule has 1 spiro atoms. The number of nitrogens with two attached hydrogens (primary N) is 1. The largest absolute Gasteiger partial charge is 0.445 e. The van der Waals surface area contributed by atoms with Gasteiger partial charge in [0.1, 0.15) is 30.9 Å². The molecule has 0 bridgehead atoms. The van der Waals surface area contributed by atoms with Gasteiger partial charge in [0.2, 0.25) is 11.8 Å². The molecule has 4 heterocycles. The first-order valence-electron chi connectivity index (χ1n) is 22.7. The molecule has 4 N–H and O–H groups in total. The van der Waals surface area contributed by atoms with Crippen LogP contribution in [-0.2, 0) is 55.4 Å². The lowest BCUT2D eigenvalue weighted by Gasteiger charge is -2.43. The molecule has 5 rings (SSSR count). The number of carbonyl (C=O) groups is 3. The van der Waals surface area contributed by atoms with E-state index in [0.29, 0.717) is 19.4 Å². The van der Waals surface area contributed by atoms with E-state index in [1.165, 1.54) is 15.7 Å². The molecule has 3 amide bonds. The van der Waals surface area contributed by atoms with Crippen molar-refractivity contribution in [2.45, 2.75) is 167 Å². The lowest BCUT2D eigenvalue weighted by Crippen LogP contribution is -2.59. The van der Waals surface area contributed by atoms with Crippen molar-refractivity contribution in [3.05, 3.63) is 79.6 Å². The summed E-state index contributed by atoms with van der Waals surface area (Å²) in [5, 5.41) is 5.80. The van der Waals surface area contributed by atoms with Gasteiger partial charge in [0.15, 0.2) is 28.5 Å². The van der Waals surface area contributed by atoms with Crippen molar-refractivity contribution in [3.8, 4) is 0 Å². The molecule has 18 nitrogen and oxygen atoms in total. The van der Waals surface area contributed by atoms with Crippen LogP contribution in [0.3, 0.4) is 0 Å². The van der Waals surface area contributed by atoms with E-state index < -0.39 is 92.0 Å². The first-order valence-corrected chi connectivity index (χ1v) is 30.0. The standard InChI is InChI=1S/C45H72N6O12SSi2/c1-29(2)35(48-41(55)59-26-31-19-15-14-16-20-31)39(54)49-23-17-21-32(49)37(52)47-22-18-24-50-38(53)30(3)25-51(42(50)56)40-36(62-66(12,13)44(7,8)9)45(33(46)28-64(57,58)63-45)34(61-40)27-60-65(10,11)43(4,5)6/h14-16,19-20,25,28-29,32,34-36,40H,17-18,21-24,26-27,46H2,1-13H3,(H,47,52)(H,48,55)/t32-,34+,35-,36-,40+,45+/m0/s1. The van der Waals surface area contributed by atoms with Crippen LogP contribution in [0.4, 0.5) is 4.79 Å². The minimum absolute atomic E-state index is 0.0335. The fraction of sp³-hybridized carbons (Fsp3) is 0.667. The van der Waals surface area contributed by atoms with Gasteiger partial charge in [-0.15, -0.1) is 0 Å². The number of nitrogens with one attached hydrogen (secondary N) is 2. The van der Waals surface area contributed by atoms with Crippen LogP contribution in [0.25, 0.3) is 0 Å². The quantitative estimate of drug-likeness (QED) is 0.115. The zero-order valence-corrected chi connectivity index (χ0v) is 43.7. The Labute approximate surface area is 391 Å². The van der Waals surface area contributed by atoms with Gasteiger partial charge < -0.3 is 39.6 Å². The van der Waals surface area contributed by atoms with Crippen LogP contribution in [0.15, 0.2) is 57.2 Å². The van der Waals surface area contributed by atoms with Crippen molar-refractivity contribution in [3.63, 3.8) is 0 Å². The van der Waals surface area contributed by atoms with Gasteiger partial charge in [0.05, 0.1) is 17.7 Å². The van der Waals surface area contributed by atoms with Crippen molar-refractivity contribution < 1.29 is 45.3 Å². The highest BCUT2D eigenvalue weighted by Gasteiger charge is 2.67. The normalized spacial score (nSPS) is 23.8. The summed E-state index contributed by atoms with van der Waals surface area (Å²) >= 11 is 0. The Morgan fingerprint density at radius 2 is 1.64 bits per heavy atom. The van der Waals surface area contributed by atoms with Gasteiger partial charge in [-0.3, -0.25) is 23.5 Å². The summed E-state index contributed by atoms with van der Waals surface area (Å²) in [6.45, 7) is 25.7. The van der Waals surface area contributed by atoms with Crippen LogP contribution < -0.4 is 27.6 Å². The first-order chi connectivity index (χ1) is 30.4. The molecule has 368 valence electrons. The molecule has 6 atom stereocenters. The van der Waals surface area contributed by atoms with Crippen LogP contribution in [0.5, 0.6) is 0 Å². The van der Waals surface area contributed by atoms with E-state index in [2.05, 4.69) is 31.4 Å². The average Bonchev–Trinajstić information content (AvgIpc) is 3.89. The lowest BCUT2D eigenvalue weighted by molar-refractivity contribution is -0.140. The second kappa shape index (κ2) is 19.8. The fourth-order valence-electron chi connectivity index (χ4n) is 7.81. The van der Waals surface area contributed by atoms with Crippen LogP contribution in [-0.4, -0.2) is 107 Å². The Morgan fingerprint density at radius 3 is 2.21 bits per heavy atom. The summed E-state index contributed by atoms with van der Waals surface area (Å²) in [6, 6.07) is 7.44. The number of hydrogen-bond donors (Lipinski definition) is 3. The average molecular weight is 977 g/mol. The predicted octanol–water partition coefficient (Wildman–Crippen LogP) is 4.98. The van der Waals surface area contributed by atoms with E-state index in [-0.39, 0.29) is 60.0 Å². The van der Waals surface area contributed by atoms with Gasteiger partial charge in [-0.25, -0.2) is 13.8 Å². The van der Waals surface area contributed by atoms with Crippen molar-refractivity contribution in [1.82, 2.24) is 24.7 Å². The summed E-state index contributed by atoms with van der Waals surface area (Å²) < 4.78 is 60.4. The van der Waals surface area contributed by atoms with Gasteiger partial charge in [0.25, 0.3) is 15.7 Å². The third kappa shape index (κ3) is 11.2. The smallest absolute Gasteiger partial charge is 0.408 e. The number of aryl methyl sites for hydroxylation is 1. The Balaban J connectivity index is 1.36. The number of likely N-dealkylation sites (tertiary alicyclic amines) is 1. The van der Waals surface area contributed by atoms with E-state index in [1.807, 2.05) is 77.3 Å². The number of hydrogen-bond acceptors (Lipinski definition) is 13. The maximum absolute atomic E-state index is 14.6. The number of benzene rings is 1. The third-order valence-electron chi connectivity index (χ3n) is 13.8. The first kappa shape index (κ1) is 52.8. The molecule has 3 aliphatic heterocycles. The van der Waals surface area contributed by atoms with Crippen molar-refractivity contribution in [2.24, 2.45) is 11.7 Å². The topological polar surface area (TPSA) is 229 Å². The second-order valence-electron chi connectivity index (χ2n) is 21.0. The Hall–Kier alpha value is -4.13. The number of rotatable bonds is 16. The number of amides is 3. The second-order valence-corrected chi connectivity index (χ2v) is 32.0. The number of carbonyl (C=O) groups excluding carboxylic acids is 3. The predicted molar refractivity (Wildman–Crippen MR) is 255 cm³/mol. The van der Waals surface area contributed by atoms with E-state index in [4.69, 9.17) is 28.2 Å². The van der Waals surface area contributed by atoms with Crippen LogP contribution in [0.1, 0.15) is 92.0 Å². The Kier molecular flexibility index (Phi) is 15.9. The van der Waals surface area contributed by atoms with Gasteiger partial charge in [0, 0.05) is 31.4 Å². The minimum Gasteiger partial charge on any atom is -0.445 e. The van der Waals surface area contributed by atoms with Crippen molar-refractivity contribution in [1.29, 1.82) is 0 Å². The highest BCUT2D eigenvalue weighted by atomic mass is 32.2. The Bertz CT molecular complexity index is 2370. The zero-order valence-electron chi connectivity index (χ0n) is 40.9. The molecule has 2 fully saturated rings. The number of ether oxygens (including phenoxy) is 2. The number of alkyl carbamates (subject to hydrolysis) is 1. The van der Waals surface area contributed by atoms with Crippen molar-refractivity contribution in [2.75, 3.05) is 19.7 Å². The van der Waals surface area contributed by atoms with E-state index in [1.54, 1.807) is 20.8 Å². The maximum atomic E-state index is 14.6. The number of aromatic nitrogens is 2. The molecule has 0 radical (unpaired) electrons. The maximum Gasteiger partial charge on any atom is 0.408 e. The number of nitrogens with zero attached hydrogens (tertiary/aromatic N) is 3. The van der Waals surface area contributed by atoms with Crippen LogP contribution >= 0.6 is 0 Å². The molecule has 0 aliphatic carbocycles. The lowest BCUT2D eigenvalue weighted by atomic mass is 9.89.